The van der Waals surface area contributed by atoms with Crippen molar-refractivity contribution in [2.75, 3.05) is 6.54 Å². The Kier molecular flexibility index (Phi) is 3.66. The van der Waals surface area contributed by atoms with Gasteiger partial charge in [0.1, 0.15) is 5.82 Å². The zero-order valence-corrected chi connectivity index (χ0v) is 13.9. The van der Waals surface area contributed by atoms with Crippen LogP contribution in [0.4, 0.5) is 4.39 Å². The van der Waals surface area contributed by atoms with Crippen LogP contribution in [-0.4, -0.2) is 27.5 Å². The number of nitrogens with one attached hydrogen (secondary N) is 1. The van der Waals surface area contributed by atoms with Gasteiger partial charge >= 0.3 is 0 Å². The second kappa shape index (κ2) is 5.72. The minimum absolute atomic E-state index is 0.0259. The molecule has 1 atom stereocenters. The number of hydrogen-bond acceptors (Lipinski definition) is 2. The summed E-state index contributed by atoms with van der Waals surface area (Å²) in [5.41, 5.74) is 2.00. The molecule has 2 heterocycles. The number of piperidine rings is 1. The van der Waals surface area contributed by atoms with E-state index in [1.165, 1.54) is 6.07 Å². The first kappa shape index (κ1) is 15.4. The van der Waals surface area contributed by atoms with Crippen LogP contribution in [0.1, 0.15) is 55.0 Å². The van der Waals surface area contributed by atoms with Gasteiger partial charge in [0, 0.05) is 12.1 Å². The Morgan fingerprint density at radius 3 is 2.79 bits per heavy atom. The minimum Gasteiger partial charge on any atom is -0.333 e. The lowest BCUT2D eigenvalue weighted by Gasteiger charge is -2.38. The fourth-order valence-electron chi connectivity index (χ4n) is 4.02. The summed E-state index contributed by atoms with van der Waals surface area (Å²) in [5, 5.41) is 7.18. The second-order valence-electron chi connectivity index (χ2n) is 7.04. The van der Waals surface area contributed by atoms with E-state index in [9.17, 15) is 9.18 Å². The van der Waals surface area contributed by atoms with Gasteiger partial charge in [0.15, 0.2) is 0 Å². The summed E-state index contributed by atoms with van der Waals surface area (Å²) in [7, 11) is 0. The molecule has 1 aromatic heterocycles. The molecule has 0 bridgehead atoms. The van der Waals surface area contributed by atoms with Crippen LogP contribution >= 0.6 is 0 Å². The van der Waals surface area contributed by atoms with Gasteiger partial charge in [0.05, 0.1) is 23.3 Å². The number of benzene rings is 1. The van der Waals surface area contributed by atoms with Crippen molar-refractivity contribution in [3.63, 3.8) is 0 Å². The molecule has 2 aromatic rings. The van der Waals surface area contributed by atoms with Crippen molar-refractivity contribution in [1.82, 2.24) is 15.1 Å². The summed E-state index contributed by atoms with van der Waals surface area (Å²) in [4.78, 5) is 15.3. The highest BCUT2D eigenvalue weighted by Crippen LogP contribution is 2.52. The van der Waals surface area contributed by atoms with Crippen LogP contribution < -0.4 is 0 Å². The molecule has 1 amide bonds. The Hall–Kier alpha value is -2.17. The summed E-state index contributed by atoms with van der Waals surface area (Å²) in [6.07, 6.45) is 6.30. The molecule has 0 radical (unpaired) electrons. The van der Waals surface area contributed by atoms with Gasteiger partial charge in [-0.15, -0.1) is 0 Å². The van der Waals surface area contributed by atoms with E-state index in [2.05, 4.69) is 10.2 Å². The molecule has 1 aliphatic heterocycles. The van der Waals surface area contributed by atoms with Gasteiger partial charge in [-0.1, -0.05) is 18.2 Å². The van der Waals surface area contributed by atoms with Crippen LogP contribution in [0.25, 0.3) is 0 Å². The van der Waals surface area contributed by atoms with Crippen molar-refractivity contribution in [2.24, 2.45) is 0 Å². The molecule has 1 N–H and O–H groups in total. The van der Waals surface area contributed by atoms with Crippen LogP contribution in [-0.2, 0) is 10.2 Å². The highest BCUT2D eigenvalue weighted by molar-refractivity contribution is 5.91. The molecule has 2 fully saturated rings. The first-order valence-corrected chi connectivity index (χ1v) is 8.69. The van der Waals surface area contributed by atoms with Gasteiger partial charge < -0.3 is 4.90 Å². The average Bonchev–Trinajstić information content (AvgIpc) is 3.30. The quantitative estimate of drug-likeness (QED) is 0.935. The summed E-state index contributed by atoms with van der Waals surface area (Å²) in [6.45, 7) is 2.75. The SMILES string of the molecule is Cc1cn[nH]c1C1CCCCN1C(=O)C1(c2ccccc2F)CC1. The molecule has 1 saturated heterocycles. The van der Waals surface area contributed by atoms with Gasteiger partial charge in [-0.25, -0.2) is 4.39 Å². The molecule has 1 aromatic carbocycles. The number of aromatic nitrogens is 2. The molecule has 5 heteroatoms. The molecule has 4 rings (SSSR count). The van der Waals surface area contributed by atoms with E-state index in [0.29, 0.717) is 5.56 Å². The standard InChI is InChI=1S/C19H22FN3O/c1-13-12-21-22-17(13)16-8-4-5-11-23(16)18(24)19(9-10-19)14-6-2-3-7-15(14)20/h2-3,6-7,12,16H,4-5,8-11H2,1H3,(H,21,22). The Labute approximate surface area is 141 Å². The number of halogens is 1. The molecule has 24 heavy (non-hydrogen) atoms. The number of amides is 1. The summed E-state index contributed by atoms with van der Waals surface area (Å²) >= 11 is 0. The first-order chi connectivity index (χ1) is 11.6. The van der Waals surface area contributed by atoms with Crippen molar-refractivity contribution < 1.29 is 9.18 Å². The fourth-order valence-corrected chi connectivity index (χ4v) is 4.02. The number of carbonyl (C=O) groups excluding carboxylic acids is 1. The van der Waals surface area contributed by atoms with Crippen LogP contribution in [0.2, 0.25) is 0 Å². The Morgan fingerprint density at radius 1 is 1.33 bits per heavy atom. The number of H-pyrrole nitrogens is 1. The lowest BCUT2D eigenvalue weighted by molar-refractivity contribution is -0.138. The van der Waals surface area contributed by atoms with Gasteiger partial charge in [-0.3, -0.25) is 9.89 Å². The maximum Gasteiger partial charge on any atom is 0.233 e. The molecule has 2 aliphatic rings. The van der Waals surface area contributed by atoms with Crippen LogP contribution in [0.3, 0.4) is 0 Å². The normalized spacial score (nSPS) is 22.4. The maximum absolute atomic E-state index is 14.3. The Balaban J connectivity index is 1.68. The zero-order chi connectivity index (χ0) is 16.7. The lowest BCUT2D eigenvalue weighted by Crippen LogP contribution is -2.44. The monoisotopic (exact) mass is 327 g/mol. The predicted octanol–water partition coefficient (Wildman–Crippen LogP) is 3.64. The minimum atomic E-state index is -0.658. The fraction of sp³-hybridized carbons (Fsp3) is 0.474. The van der Waals surface area contributed by atoms with E-state index >= 15 is 0 Å². The van der Waals surface area contributed by atoms with Gasteiger partial charge in [0.2, 0.25) is 5.91 Å². The molecule has 1 saturated carbocycles. The third-order valence-corrected chi connectivity index (χ3v) is 5.51. The van der Waals surface area contributed by atoms with E-state index < -0.39 is 5.41 Å². The summed E-state index contributed by atoms with van der Waals surface area (Å²) in [5.74, 6) is -0.194. The molecule has 1 unspecified atom stereocenters. The number of hydrogen-bond donors (Lipinski definition) is 1. The van der Waals surface area contributed by atoms with E-state index in [0.717, 1.165) is 49.9 Å². The molecule has 126 valence electrons. The van der Waals surface area contributed by atoms with Gasteiger partial charge in [-0.2, -0.15) is 5.10 Å². The van der Waals surface area contributed by atoms with Crippen molar-refractivity contribution in [3.05, 3.63) is 53.1 Å². The smallest absolute Gasteiger partial charge is 0.233 e. The Bertz CT molecular complexity index is 765. The maximum atomic E-state index is 14.3. The zero-order valence-electron chi connectivity index (χ0n) is 13.9. The van der Waals surface area contributed by atoms with Crippen molar-refractivity contribution in [3.8, 4) is 0 Å². The molecular formula is C19H22FN3O. The number of aryl methyl sites for hydroxylation is 1. The highest BCUT2D eigenvalue weighted by atomic mass is 19.1. The largest absolute Gasteiger partial charge is 0.333 e. The van der Waals surface area contributed by atoms with Crippen molar-refractivity contribution in [2.45, 2.75) is 50.5 Å². The summed E-state index contributed by atoms with van der Waals surface area (Å²) in [6, 6.07) is 6.74. The third-order valence-electron chi connectivity index (χ3n) is 5.51. The van der Waals surface area contributed by atoms with E-state index in [1.807, 2.05) is 17.9 Å². The molecule has 1 aliphatic carbocycles. The average molecular weight is 327 g/mol. The van der Waals surface area contributed by atoms with Crippen LogP contribution in [0.15, 0.2) is 30.5 Å². The molecular weight excluding hydrogens is 305 g/mol. The number of nitrogens with zero attached hydrogens (tertiary/aromatic N) is 2. The topological polar surface area (TPSA) is 49.0 Å². The Morgan fingerprint density at radius 2 is 2.12 bits per heavy atom. The van der Waals surface area contributed by atoms with Gasteiger partial charge in [0.25, 0.3) is 0 Å². The van der Waals surface area contributed by atoms with Crippen molar-refractivity contribution in [1.29, 1.82) is 0 Å². The molecule has 4 nitrogen and oxygen atoms in total. The van der Waals surface area contributed by atoms with E-state index in [1.54, 1.807) is 18.3 Å². The number of likely N-dealkylation sites (tertiary alicyclic amines) is 1. The first-order valence-electron chi connectivity index (χ1n) is 8.69. The molecule has 0 spiro atoms. The van der Waals surface area contributed by atoms with Crippen LogP contribution in [0.5, 0.6) is 0 Å². The lowest BCUT2D eigenvalue weighted by atomic mass is 9.90. The van der Waals surface area contributed by atoms with E-state index in [4.69, 9.17) is 0 Å². The van der Waals surface area contributed by atoms with Crippen LogP contribution in [0, 0.1) is 12.7 Å². The number of carbonyl (C=O) groups is 1. The van der Waals surface area contributed by atoms with E-state index in [-0.39, 0.29) is 17.8 Å². The highest BCUT2D eigenvalue weighted by Gasteiger charge is 2.55. The summed E-state index contributed by atoms with van der Waals surface area (Å²) < 4.78 is 14.3. The predicted molar refractivity (Wildman–Crippen MR) is 88.9 cm³/mol. The second-order valence-corrected chi connectivity index (χ2v) is 7.04. The van der Waals surface area contributed by atoms with Gasteiger partial charge in [-0.05, 0) is 50.7 Å². The third kappa shape index (κ3) is 2.34. The van der Waals surface area contributed by atoms with Crippen molar-refractivity contribution >= 4 is 5.91 Å². The number of aromatic amines is 1. The number of rotatable bonds is 3.